The second-order valence-electron chi connectivity index (χ2n) is 14.2. The molecule has 1 N–H and O–H groups in total. The molecule has 2 heterocycles. The van der Waals surface area contributed by atoms with Gasteiger partial charge in [-0.15, -0.1) is 0 Å². The highest BCUT2D eigenvalue weighted by Crippen LogP contribution is 2.37. The van der Waals surface area contributed by atoms with E-state index in [0.29, 0.717) is 41.8 Å². The Morgan fingerprint density at radius 2 is 1.53 bits per heavy atom. The first-order chi connectivity index (χ1) is 26.9. The molecule has 1 fully saturated rings. The molecular weight excluding hydrogens is 708 g/mol. The maximum absolute atomic E-state index is 9.61. The first-order valence-corrected chi connectivity index (χ1v) is 19.6. The van der Waals surface area contributed by atoms with E-state index in [-0.39, 0.29) is 13.2 Å². The van der Waals surface area contributed by atoms with Gasteiger partial charge < -0.3 is 19.3 Å². The van der Waals surface area contributed by atoms with Gasteiger partial charge in [0.15, 0.2) is 0 Å². The van der Waals surface area contributed by atoms with Crippen LogP contribution in [0.3, 0.4) is 0 Å². The summed E-state index contributed by atoms with van der Waals surface area (Å²) < 4.78 is 19.2. The van der Waals surface area contributed by atoms with Gasteiger partial charge in [0.25, 0.3) is 0 Å². The lowest BCUT2D eigenvalue weighted by atomic mass is 9.93. The number of aliphatic hydroxyl groups excluding tert-OH is 1. The predicted molar refractivity (Wildman–Crippen MR) is 218 cm³/mol. The van der Waals surface area contributed by atoms with Gasteiger partial charge in [0, 0.05) is 55.8 Å². The lowest BCUT2D eigenvalue weighted by molar-refractivity contribution is 0.177. The van der Waals surface area contributed by atoms with Crippen molar-refractivity contribution in [2.45, 2.75) is 65.8 Å². The van der Waals surface area contributed by atoms with Gasteiger partial charge in [-0.25, -0.2) is 0 Å². The molecule has 0 saturated carbocycles. The van der Waals surface area contributed by atoms with Crippen molar-refractivity contribution in [1.29, 1.82) is 5.26 Å². The molecule has 55 heavy (non-hydrogen) atoms. The fourth-order valence-corrected chi connectivity index (χ4v) is 7.41. The number of aliphatic hydroxyl groups is 1. The number of ether oxygens (including phenoxy) is 3. The van der Waals surface area contributed by atoms with E-state index in [1.54, 1.807) is 18.5 Å². The van der Waals surface area contributed by atoms with E-state index < -0.39 is 0 Å². The van der Waals surface area contributed by atoms with E-state index in [4.69, 9.17) is 25.8 Å². The highest BCUT2D eigenvalue weighted by Gasteiger charge is 2.18. The van der Waals surface area contributed by atoms with Crippen LogP contribution in [0.1, 0.15) is 64.6 Å². The van der Waals surface area contributed by atoms with Crippen LogP contribution in [-0.2, 0) is 26.3 Å². The predicted octanol–water partition coefficient (Wildman–Crippen LogP) is 9.30. The van der Waals surface area contributed by atoms with Gasteiger partial charge in [-0.2, -0.15) is 5.26 Å². The van der Waals surface area contributed by atoms with Gasteiger partial charge in [-0.05, 0) is 97.8 Å². The Bertz CT molecular complexity index is 2040. The Morgan fingerprint density at radius 3 is 2.31 bits per heavy atom. The molecule has 0 radical (unpaired) electrons. The highest BCUT2D eigenvalue weighted by molar-refractivity contribution is 6.32. The van der Waals surface area contributed by atoms with Crippen molar-refractivity contribution in [2.75, 3.05) is 39.4 Å². The summed E-state index contributed by atoms with van der Waals surface area (Å²) in [7, 11) is 0. The molecule has 0 aliphatic carbocycles. The molecule has 8 nitrogen and oxygen atoms in total. The van der Waals surface area contributed by atoms with Crippen LogP contribution in [0.25, 0.3) is 11.1 Å². The summed E-state index contributed by atoms with van der Waals surface area (Å²) in [6.45, 7) is 10.7. The Hall–Kier alpha value is -4.91. The van der Waals surface area contributed by atoms with Crippen molar-refractivity contribution in [3.63, 3.8) is 0 Å². The number of aromatic nitrogens is 1. The summed E-state index contributed by atoms with van der Waals surface area (Å²) in [5, 5.41) is 19.5. The zero-order valence-corrected chi connectivity index (χ0v) is 32.7. The third-order valence-corrected chi connectivity index (χ3v) is 10.5. The molecule has 0 spiro atoms. The number of pyridine rings is 1. The Morgan fingerprint density at radius 1 is 0.764 bits per heavy atom. The molecule has 6 rings (SSSR count). The SMILES string of the molecule is Cc1c(COc2cc(OCc3cncc(C#N)c3)c(CN3CCCCC3)cc2Cl)cccc1-c1cccc(OCCCN(CCO)Cc2ccccc2)c1C. The summed E-state index contributed by atoms with van der Waals surface area (Å²) in [5.74, 6) is 2.14. The lowest BCUT2D eigenvalue weighted by Crippen LogP contribution is -2.29. The quantitative estimate of drug-likeness (QED) is 0.0885. The molecule has 1 aliphatic rings. The number of halogens is 1. The maximum atomic E-state index is 9.61. The molecular formula is C46H51ClN4O4. The molecule has 4 aromatic carbocycles. The van der Waals surface area contributed by atoms with Crippen LogP contribution >= 0.6 is 11.6 Å². The average Bonchev–Trinajstić information content (AvgIpc) is 3.21. The maximum Gasteiger partial charge on any atom is 0.142 e. The van der Waals surface area contributed by atoms with E-state index in [0.717, 1.165) is 83.8 Å². The van der Waals surface area contributed by atoms with Crippen LogP contribution in [0, 0.1) is 25.2 Å². The van der Waals surface area contributed by atoms with Crippen LogP contribution in [0.5, 0.6) is 17.2 Å². The van der Waals surface area contributed by atoms with E-state index in [1.807, 2.05) is 42.5 Å². The van der Waals surface area contributed by atoms with Crippen LogP contribution in [0.4, 0.5) is 0 Å². The zero-order valence-electron chi connectivity index (χ0n) is 32.0. The second-order valence-corrected chi connectivity index (χ2v) is 14.6. The summed E-state index contributed by atoms with van der Waals surface area (Å²) in [5.41, 5.74) is 9.08. The third kappa shape index (κ3) is 11.1. The van der Waals surface area contributed by atoms with Gasteiger partial charge >= 0.3 is 0 Å². The monoisotopic (exact) mass is 758 g/mol. The summed E-state index contributed by atoms with van der Waals surface area (Å²) in [6.07, 6.45) is 7.76. The molecule has 0 unspecified atom stereocenters. The van der Waals surface area contributed by atoms with Crippen molar-refractivity contribution < 1.29 is 19.3 Å². The van der Waals surface area contributed by atoms with Gasteiger partial charge in [0.1, 0.15) is 36.5 Å². The second kappa shape index (κ2) is 20.1. The number of piperidine rings is 1. The number of hydrogen-bond donors (Lipinski definition) is 1. The van der Waals surface area contributed by atoms with E-state index in [2.05, 4.69) is 71.1 Å². The van der Waals surface area contributed by atoms with E-state index in [9.17, 15) is 10.4 Å². The lowest BCUT2D eigenvalue weighted by Gasteiger charge is -2.27. The summed E-state index contributed by atoms with van der Waals surface area (Å²) in [6, 6.07) is 30.7. The van der Waals surface area contributed by atoms with Crippen LogP contribution in [0.2, 0.25) is 5.02 Å². The molecule has 9 heteroatoms. The Balaban J connectivity index is 1.13. The van der Waals surface area contributed by atoms with Crippen LogP contribution in [-0.4, -0.2) is 59.3 Å². The normalized spacial score (nSPS) is 13.1. The smallest absolute Gasteiger partial charge is 0.142 e. The zero-order chi connectivity index (χ0) is 38.4. The van der Waals surface area contributed by atoms with Gasteiger partial charge in [-0.1, -0.05) is 78.7 Å². The summed E-state index contributed by atoms with van der Waals surface area (Å²) >= 11 is 6.90. The average molecular weight is 759 g/mol. The van der Waals surface area contributed by atoms with Gasteiger partial charge in [-0.3, -0.25) is 14.8 Å². The number of nitriles is 1. The number of likely N-dealkylation sites (tertiary alicyclic amines) is 1. The molecule has 1 aliphatic heterocycles. The largest absolute Gasteiger partial charge is 0.493 e. The highest BCUT2D eigenvalue weighted by atomic mass is 35.5. The standard InChI is InChI=1S/C46H51ClN4O4/c1-34-39(14-9-15-41(34)42-16-10-17-44(35(42)2)53-23-11-20-51(21-22-52)30-36-12-5-3-6-13-36)33-55-46-26-45(54-32-38-24-37(27-48)28-49-29-38)40(25-43(46)47)31-50-18-7-4-8-19-50/h3,5-6,9-10,12-17,24-26,28-29,52H,4,7-8,11,18-23,30-33H2,1-2H3. The molecule has 5 aromatic rings. The first-order valence-electron chi connectivity index (χ1n) is 19.2. The fourth-order valence-electron chi connectivity index (χ4n) is 7.16. The minimum Gasteiger partial charge on any atom is -0.493 e. The molecule has 0 amide bonds. The van der Waals surface area contributed by atoms with E-state index >= 15 is 0 Å². The number of hydrogen-bond acceptors (Lipinski definition) is 8. The van der Waals surface area contributed by atoms with Crippen molar-refractivity contribution >= 4 is 11.6 Å². The Labute approximate surface area is 330 Å². The first kappa shape index (κ1) is 39.8. The number of rotatable bonds is 18. The van der Waals surface area contributed by atoms with Crippen molar-refractivity contribution in [1.82, 2.24) is 14.8 Å². The van der Waals surface area contributed by atoms with Crippen LogP contribution in [0.15, 0.2) is 97.3 Å². The molecule has 286 valence electrons. The Kier molecular flexibility index (Phi) is 14.6. The van der Waals surface area contributed by atoms with Gasteiger partial charge in [0.05, 0.1) is 23.8 Å². The summed E-state index contributed by atoms with van der Waals surface area (Å²) in [4.78, 5) is 8.90. The van der Waals surface area contributed by atoms with Crippen molar-refractivity contribution in [2.24, 2.45) is 0 Å². The third-order valence-electron chi connectivity index (χ3n) is 10.2. The van der Waals surface area contributed by atoms with Gasteiger partial charge in [0.2, 0.25) is 0 Å². The fraction of sp³-hybridized carbons (Fsp3) is 0.348. The van der Waals surface area contributed by atoms with Crippen molar-refractivity contribution in [3.8, 4) is 34.4 Å². The molecule has 1 saturated heterocycles. The minimum atomic E-state index is 0.129. The molecule has 1 aromatic heterocycles. The van der Waals surface area contributed by atoms with E-state index in [1.165, 1.54) is 24.8 Å². The number of benzene rings is 4. The number of nitrogens with zero attached hydrogens (tertiary/aromatic N) is 4. The topological polar surface area (TPSA) is 91.1 Å². The molecule has 0 bridgehead atoms. The minimum absolute atomic E-state index is 0.129. The molecule has 0 atom stereocenters. The van der Waals surface area contributed by atoms with Crippen LogP contribution < -0.4 is 14.2 Å². The van der Waals surface area contributed by atoms with Crippen molar-refractivity contribution in [3.05, 3.63) is 141 Å².